The van der Waals surface area contributed by atoms with Crippen LogP contribution in [0.1, 0.15) is 48.8 Å². The molecule has 9 nitrogen and oxygen atoms in total. The van der Waals surface area contributed by atoms with E-state index in [4.69, 9.17) is 9.47 Å². The van der Waals surface area contributed by atoms with Crippen LogP contribution in [-0.4, -0.2) is 84.6 Å². The number of ether oxygens (including phenoxy) is 2. The number of hydrogen-bond donors (Lipinski definition) is 2. The van der Waals surface area contributed by atoms with E-state index in [0.717, 1.165) is 47.2 Å². The number of benzene rings is 3. The van der Waals surface area contributed by atoms with Crippen LogP contribution < -0.4 is 15.4 Å². The van der Waals surface area contributed by atoms with Crippen molar-refractivity contribution in [2.24, 2.45) is 0 Å². The third-order valence-electron chi connectivity index (χ3n) is 10.2. The molecule has 3 aliphatic heterocycles. The molecular weight excluding hydrogens is 661 g/mol. The number of carbonyl (C=O) groups is 3. The fourth-order valence-corrected chi connectivity index (χ4v) is 7.49. The second-order valence-electron chi connectivity index (χ2n) is 13.8. The molecule has 0 spiro atoms. The van der Waals surface area contributed by atoms with Gasteiger partial charge in [-0.2, -0.15) is 4.39 Å². The number of fused-ring (bicyclic) bond motifs is 2. The van der Waals surface area contributed by atoms with Gasteiger partial charge in [-0.3, -0.25) is 14.4 Å². The maximum atomic E-state index is 14.7. The highest BCUT2D eigenvalue weighted by Gasteiger charge is 2.44. The maximum absolute atomic E-state index is 14.7. The molecule has 2 bridgehead atoms. The van der Waals surface area contributed by atoms with Gasteiger partial charge < -0.3 is 29.9 Å². The molecule has 12 heteroatoms. The second-order valence-corrected chi connectivity index (χ2v) is 13.8. The van der Waals surface area contributed by atoms with E-state index in [1.54, 1.807) is 0 Å². The highest BCUT2D eigenvalue weighted by atomic mass is 19.2. The molecule has 2 amide bonds. The number of aryl methyl sites for hydroxylation is 1. The van der Waals surface area contributed by atoms with Crippen LogP contribution in [0.3, 0.4) is 0 Å². The van der Waals surface area contributed by atoms with Crippen LogP contribution in [0.5, 0.6) is 5.75 Å². The number of amides is 2. The van der Waals surface area contributed by atoms with Crippen molar-refractivity contribution in [2.75, 3.05) is 26.2 Å². The van der Waals surface area contributed by atoms with Crippen LogP contribution in [0.4, 0.5) is 13.2 Å². The van der Waals surface area contributed by atoms with Crippen LogP contribution in [0.2, 0.25) is 0 Å². The molecule has 51 heavy (non-hydrogen) atoms. The molecule has 3 aromatic carbocycles. The zero-order chi connectivity index (χ0) is 35.5. The molecule has 3 aromatic rings. The molecule has 4 atom stereocenters. The Morgan fingerprint density at radius 1 is 0.941 bits per heavy atom. The van der Waals surface area contributed by atoms with Crippen LogP contribution in [0.25, 0.3) is 5.57 Å². The Bertz CT molecular complexity index is 1790. The standard InChI is InChI=1S/C39H41F3N4O5/c40-31-14-15-32(41)37(36(31)42)50-16-4-7-24-8-10-26(11-9-24)30-17-27-21-45(38(48)33-18-29(19-43-33)51-23-47)22-34(44-27)35(30)39(49)46(28-12-13-28)20-25-5-2-1-3-6-25/h1-3,5-6,8-11,14-15,23,27-29,33-34,43-44H,4,7,12-13,16-22H2/t27-,29+,33?,34+/m0/s1. The molecule has 7 rings (SSSR count). The SMILES string of the molecule is O=CO[C@H]1CNC(C(=O)N2C[C@@H]3CC(c4ccc(CCCOc5c(F)ccc(F)c5F)cc4)=C(C(=O)N(Cc4ccccc4)C4CC4)[C@@H](C2)N3)C1. The van der Waals surface area contributed by atoms with Gasteiger partial charge in [-0.25, -0.2) is 8.78 Å². The molecule has 0 radical (unpaired) electrons. The van der Waals surface area contributed by atoms with E-state index in [-0.39, 0.29) is 42.7 Å². The number of nitrogens with one attached hydrogen (secondary N) is 2. The predicted octanol–water partition coefficient (Wildman–Crippen LogP) is 4.54. The van der Waals surface area contributed by atoms with E-state index < -0.39 is 29.2 Å². The number of nitrogens with zero attached hydrogens (tertiary/aromatic N) is 2. The highest BCUT2D eigenvalue weighted by molar-refractivity contribution is 6.03. The Labute approximate surface area is 294 Å². The molecule has 1 saturated carbocycles. The topological polar surface area (TPSA) is 100 Å². The van der Waals surface area contributed by atoms with Crippen molar-refractivity contribution in [2.45, 2.75) is 75.3 Å². The molecule has 0 aromatic heterocycles. The zero-order valence-corrected chi connectivity index (χ0v) is 28.2. The lowest BCUT2D eigenvalue weighted by atomic mass is 9.82. The van der Waals surface area contributed by atoms with Crippen LogP contribution in [0.15, 0.2) is 72.3 Å². The molecule has 1 aliphatic carbocycles. The average Bonchev–Trinajstić information content (AvgIpc) is 3.88. The number of halogens is 3. The summed E-state index contributed by atoms with van der Waals surface area (Å²) in [4.78, 5) is 43.1. The fourth-order valence-electron chi connectivity index (χ4n) is 7.49. The lowest BCUT2D eigenvalue weighted by molar-refractivity contribution is -0.137. The quantitative estimate of drug-likeness (QED) is 0.153. The first kappa shape index (κ1) is 34.8. The van der Waals surface area contributed by atoms with E-state index in [1.807, 2.05) is 64.4 Å². The van der Waals surface area contributed by atoms with Crippen molar-refractivity contribution in [1.82, 2.24) is 20.4 Å². The minimum Gasteiger partial charge on any atom is -0.488 e. The van der Waals surface area contributed by atoms with E-state index in [1.165, 1.54) is 0 Å². The first-order valence-corrected chi connectivity index (χ1v) is 17.6. The molecule has 268 valence electrons. The van der Waals surface area contributed by atoms with Gasteiger partial charge in [0.25, 0.3) is 12.4 Å². The number of carbonyl (C=O) groups excluding carboxylic acids is 3. The first-order valence-electron chi connectivity index (χ1n) is 17.6. The van der Waals surface area contributed by atoms with Gasteiger partial charge >= 0.3 is 0 Å². The van der Waals surface area contributed by atoms with Crippen molar-refractivity contribution in [3.05, 3.63) is 106 Å². The Morgan fingerprint density at radius 3 is 2.45 bits per heavy atom. The summed E-state index contributed by atoms with van der Waals surface area (Å²) < 4.78 is 51.8. The van der Waals surface area contributed by atoms with Crippen LogP contribution in [0, 0.1) is 17.5 Å². The van der Waals surface area contributed by atoms with E-state index in [2.05, 4.69) is 10.6 Å². The zero-order valence-electron chi connectivity index (χ0n) is 28.2. The summed E-state index contributed by atoms with van der Waals surface area (Å²) in [7, 11) is 0. The smallest absolute Gasteiger partial charge is 0.293 e. The molecule has 3 heterocycles. The Morgan fingerprint density at radius 2 is 1.71 bits per heavy atom. The molecule has 4 aliphatic rings. The lowest BCUT2D eigenvalue weighted by Crippen LogP contribution is -2.63. The maximum Gasteiger partial charge on any atom is 0.293 e. The predicted molar refractivity (Wildman–Crippen MR) is 183 cm³/mol. The van der Waals surface area contributed by atoms with Gasteiger partial charge in [0, 0.05) is 50.3 Å². The Balaban J connectivity index is 1.11. The highest BCUT2D eigenvalue weighted by Crippen LogP contribution is 2.38. The summed E-state index contributed by atoms with van der Waals surface area (Å²) in [6.07, 6.45) is 3.52. The van der Waals surface area contributed by atoms with E-state index in [9.17, 15) is 27.6 Å². The van der Waals surface area contributed by atoms with Crippen molar-refractivity contribution in [1.29, 1.82) is 0 Å². The van der Waals surface area contributed by atoms with Crippen molar-refractivity contribution in [3.8, 4) is 5.75 Å². The van der Waals surface area contributed by atoms with Gasteiger partial charge in [0.05, 0.1) is 18.7 Å². The number of piperazine rings is 1. The van der Waals surface area contributed by atoms with Gasteiger partial charge in [-0.1, -0.05) is 54.6 Å². The summed E-state index contributed by atoms with van der Waals surface area (Å²) in [6, 6.07) is 18.7. The lowest BCUT2D eigenvalue weighted by Gasteiger charge is -2.45. The van der Waals surface area contributed by atoms with E-state index >= 15 is 0 Å². The molecular formula is C39H41F3N4O5. The monoisotopic (exact) mass is 702 g/mol. The van der Waals surface area contributed by atoms with E-state index in [0.29, 0.717) is 63.9 Å². The van der Waals surface area contributed by atoms with Crippen molar-refractivity contribution >= 4 is 23.9 Å². The van der Waals surface area contributed by atoms with Gasteiger partial charge in [0.2, 0.25) is 11.7 Å². The van der Waals surface area contributed by atoms with Crippen LogP contribution >= 0.6 is 0 Å². The molecule has 2 N–H and O–H groups in total. The largest absolute Gasteiger partial charge is 0.488 e. The Hall–Kier alpha value is -4.68. The van der Waals surface area contributed by atoms with Gasteiger partial charge in [-0.15, -0.1) is 0 Å². The average molecular weight is 703 g/mol. The van der Waals surface area contributed by atoms with Gasteiger partial charge in [0.1, 0.15) is 6.10 Å². The molecule has 2 saturated heterocycles. The number of rotatable bonds is 13. The fraction of sp³-hybridized carbons (Fsp3) is 0.410. The first-order chi connectivity index (χ1) is 24.8. The minimum absolute atomic E-state index is 0.00660. The van der Waals surface area contributed by atoms with Crippen molar-refractivity contribution < 1.29 is 37.0 Å². The van der Waals surface area contributed by atoms with Crippen molar-refractivity contribution in [3.63, 3.8) is 0 Å². The molecule has 1 unspecified atom stereocenters. The normalized spacial score (nSPS) is 22.8. The Kier molecular flexibility index (Phi) is 10.4. The van der Waals surface area contributed by atoms with Gasteiger partial charge in [0.15, 0.2) is 17.4 Å². The summed E-state index contributed by atoms with van der Waals surface area (Å²) in [5, 5.41) is 6.85. The molecule has 3 fully saturated rings. The third-order valence-corrected chi connectivity index (χ3v) is 10.2. The summed E-state index contributed by atoms with van der Waals surface area (Å²) in [5.74, 6) is -4.26. The number of hydrogen-bond acceptors (Lipinski definition) is 7. The second kappa shape index (κ2) is 15.3. The van der Waals surface area contributed by atoms with Crippen LogP contribution in [-0.2, 0) is 32.1 Å². The summed E-state index contributed by atoms with van der Waals surface area (Å²) in [5.41, 5.74) is 4.60. The summed E-state index contributed by atoms with van der Waals surface area (Å²) >= 11 is 0. The van der Waals surface area contributed by atoms with Gasteiger partial charge in [-0.05, 0) is 66.5 Å². The minimum atomic E-state index is -1.34. The summed E-state index contributed by atoms with van der Waals surface area (Å²) in [6.45, 7) is 2.16. The third kappa shape index (κ3) is 7.82.